The molecule has 0 aromatic heterocycles. The predicted octanol–water partition coefficient (Wildman–Crippen LogP) is 5.46. The molecule has 0 heterocycles. The molecule has 1 saturated carbocycles. The third-order valence-corrected chi connectivity index (χ3v) is 4.30. The Morgan fingerprint density at radius 3 is 2.40 bits per heavy atom. The third-order valence-electron chi connectivity index (χ3n) is 4.30. The minimum Gasteiger partial charge on any atom is -0.377 e. The molecule has 110 valence electrons. The number of hydrogen-bond donors (Lipinski definition) is 0. The highest BCUT2D eigenvalue weighted by molar-refractivity contribution is 5.25. The van der Waals surface area contributed by atoms with E-state index >= 15 is 0 Å². The van der Waals surface area contributed by atoms with Gasteiger partial charge in [-0.25, -0.2) is 0 Å². The van der Waals surface area contributed by atoms with E-state index in [2.05, 4.69) is 50.3 Å². The highest BCUT2D eigenvalue weighted by Gasteiger charge is 2.20. The van der Waals surface area contributed by atoms with Crippen molar-refractivity contribution in [3.8, 4) is 0 Å². The van der Waals surface area contributed by atoms with Crippen molar-refractivity contribution in [3.05, 3.63) is 47.5 Å². The van der Waals surface area contributed by atoms with Crippen molar-refractivity contribution in [2.75, 3.05) is 6.61 Å². The van der Waals surface area contributed by atoms with E-state index in [4.69, 9.17) is 4.74 Å². The Morgan fingerprint density at radius 1 is 1.10 bits per heavy atom. The summed E-state index contributed by atoms with van der Waals surface area (Å²) in [6, 6.07) is 9.10. The Morgan fingerprint density at radius 2 is 1.80 bits per heavy atom. The average Bonchev–Trinajstić information content (AvgIpc) is 2.49. The summed E-state index contributed by atoms with van der Waals surface area (Å²) < 4.78 is 5.59. The fourth-order valence-corrected chi connectivity index (χ4v) is 3.14. The topological polar surface area (TPSA) is 9.23 Å². The fourth-order valence-electron chi connectivity index (χ4n) is 3.14. The lowest BCUT2D eigenvalue weighted by Gasteiger charge is -2.27. The molecule has 0 saturated heterocycles. The van der Waals surface area contributed by atoms with Crippen LogP contribution < -0.4 is 0 Å². The number of hydrogen-bond acceptors (Lipinski definition) is 1. The smallest absolute Gasteiger partial charge is 0.0716 e. The van der Waals surface area contributed by atoms with Crippen LogP contribution in [-0.2, 0) is 11.3 Å². The van der Waals surface area contributed by atoms with Gasteiger partial charge in [-0.15, -0.1) is 0 Å². The van der Waals surface area contributed by atoms with Gasteiger partial charge in [-0.3, -0.25) is 0 Å². The standard InChI is InChI=1S/C19H28O/c1-3-5-16-6-10-18(11-7-16)19-12-8-17(9-13-19)15-20-14-4-2/h3,5,8-9,12-13,16,18H,4,6-7,10-11,14-15H2,1-2H3/b5-3-/t16-,18-. The number of allylic oxidation sites excluding steroid dienone is 2. The van der Waals surface area contributed by atoms with Crippen molar-refractivity contribution in [1.82, 2.24) is 0 Å². The van der Waals surface area contributed by atoms with E-state index < -0.39 is 0 Å². The summed E-state index contributed by atoms with van der Waals surface area (Å²) in [6.45, 7) is 5.89. The fraction of sp³-hybridized carbons (Fsp3) is 0.579. The van der Waals surface area contributed by atoms with Crippen LogP contribution in [0.15, 0.2) is 36.4 Å². The minimum absolute atomic E-state index is 0.752. The zero-order valence-electron chi connectivity index (χ0n) is 13.0. The van der Waals surface area contributed by atoms with Gasteiger partial charge in [-0.2, -0.15) is 0 Å². The molecule has 20 heavy (non-hydrogen) atoms. The lowest BCUT2D eigenvalue weighted by atomic mass is 9.78. The van der Waals surface area contributed by atoms with Crippen LogP contribution in [0.5, 0.6) is 0 Å². The molecule has 0 atom stereocenters. The van der Waals surface area contributed by atoms with E-state index in [1.54, 1.807) is 0 Å². The highest BCUT2D eigenvalue weighted by atomic mass is 16.5. The van der Waals surface area contributed by atoms with Gasteiger partial charge >= 0.3 is 0 Å². The lowest BCUT2D eigenvalue weighted by Crippen LogP contribution is -2.11. The molecule has 1 aromatic rings. The van der Waals surface area contributed by atoms with E-state index in [0.717, 1.165) is 31.5 Å². The third kappa shape index (κ3) is 4.49. The zero-order valence-corrected chi connectivity index (χ0v) is 13.0. The second-order valence-electron chi connectivity index (χ2n) is 5.93. The van der Waals surface area contributed by atoms with Gasteiger partial charge in [-0.1, -0.05) is 43.3 Å². The summed E-state index contributed by atoms with van der Waals surface area (Å²) in [5.41, 5.74) is 2.81. The first-order chi connectivity index (χ1) is 9.83. The molecule has 1 aliphatic rings. The second-order valence-corrected chi connectivity index (χ2v) is 5.93. The van der Waals surface area contributed by atoms with Gasteiger partial charge in [0.15, 0.2) is 0 Å². The van der Waals surface area contributed by atoms with Crippen molar-refractivity contribution in [2.45, 2.75) is 58.5 Å². The molecule has 1 fully saturated rings. The maximum Gasteiger partial charge on any atom is 0.0716 e. The molecule has 0 amide bonds. The van der Waals surface area contributed by atoms with Crippen LogP contribution >= 0.6 is 0 Å². The maximum absolute atomic E-state index is 5.59. The van der Waals surface area contributed by atoms with E-state index in [1.165, 1.54) is 36.8 Å². The maximum atomic E-state index is 5.59. The van der Waals surface area contributed by atoms with Crippen molar-refractivity contribution in [2.24, 2.45) is 5.92 Å². The molecule has 0 bridgehead atoms. The molecule has 0 radical (unpaired) electrons. The molecule has 2 rings (SSSR count). The summed E-state index contributed by atoms with van der Waals surface area (Å²) in [5, 5.41) is 0. The Labute approximate surface area is 124 Å². The summed E-state index contributed by atoms with van der Waals surface area (Å²) in [4.78, 5) is 0. The first-order valence-corrected chi connectivity index (χ1v) is 8.13. The van der Waals surface area contributed by atoms with Crippen LogP contribution in [-0.4, -0.2) is 6.61 Å². The molecule has 0 aliphatic heterocycles. The average molecular weight is 272 g/mol. The van der Waals surface area contributed by atoms with Crippen molar-refractivity contribution >= 4 is 0 Å². The predicted molar refractivity (Wildman–Crippen MR) is 85.9 cm³/mol. The Kier molecular flexibility index (Phi) is 6.32. The summed E-state index contributed by atoms with van der Waals surface area (Å²) in [7, 11) is 0. The molecule has 1 aliphatic carbocycles. The molecule has 0 unspecified atom stereocenters. The normalized spacial score (nSPS) is 23.3. The first-order valence-electron chi connectivity index (χ1n) is 8.13. The van der Waals surface area contributed by atoms with Gasteiger partial charge in [0, 0.05) is 6.61 Å². The van der Waals surface area contributed by atoms with Crippen LogP contribution in [0.4, 0.5) is 0 Å². The molecular formula is C19H28O. The highest BCUT2D eigenvalue weighted by Crippen LogP contribution is 2.36. The van der Waals surface area contributed by atoms with Gasteiger partial charge in [0.25, 0.3) is 0 Å². The van der Waals surface area contributed by atoms with E-state index in [1.807, 2.05) is 0 Å². The molecular weight excluding hydrogens is 244 g/mol. The van der Waals surface area contributed by atoms with Crippen molar-refractivity contribution in [3.63, 3.8) is 0 Å². The summed E-state index contributed by atoms with van der Waals surface area (Å²) in [6.07, 6.45) is 11.0. The van der Waals surface area contributed by atoms with Gasteiger partial charge in [-0.05, 0) is 62.0 Å². The quantitative estimate of drug-likeness (QED) is 0.493. The molecule has 1 nitrogen and oxygen atoms in total. The first kappa shape index (κ1) is 15.3. The van der Waals surface area contributed by atoms with Crippen LogP contribution in [0, 0.1) is 5.92 Å². The Balaban J connectivity index is 1.84. The molecule has 1 aromatic carbocycles. The van der Waals surface area contributed by atoms with Crippen molar-refractivity contribution in [1.29, 1.82) is 0 Å². The SMILES string of the molecule is C/C=C\[C@H]1CC[C@H](c2ccc(COCCC)cc2)CC1. The van der Waals surface area contributed by atoms with Crippen LogP contribution in [0.2, 0.25) is 0 Å². The molecule has 1 heteroatoms. The van der Waals surface area contributed by atoms with Gasteiger partial charge in [0.05, 0.1) is 6.61 Å². The van der Waals surface area contributed by atoms with E-state index in [9.17, 15) is 0 Å². The van der Waals surface area contributed by atoms with Crippen LogP contribution in [0.1, 0.15) is 63.0 Å². The van der Waals surface area contributed by atoms with Gasteiger partial charge in [0.2, 0.25) is 0 Å². The second kappa shape index (κ2) is 8.26. The minimum atomic E-state index is 0.752. The lowest BCUT2D eigenvalue weighted by molar-refractivity contribution is 0.121. The number of benzene rings is 1. The largest absolute Gasteiger partial charge is 0.377 e. The Hall–Kier alpha value is -1.08. The van der Waals surface area contributed by atoms with Crippen LogP contribution in [0.25, 0.3) is 0 Å². The summed E-state index contributed by atoms with van der Waals surface area (Å²) in [5.74, 6) is 1.58. The number of rotatable bonds is 6. The van der Waals surface area contributed by atoms with E-state index in [0.29, 0.717) is 0 Å². The van der Waals surface area contributed by atoms with Crippen molar-refractivity contribution < 1.29 is 4.74 Å². The number of ether oxygens (including phenoxy) is 1. The molecule has 0 spiro atoms. The van der Waals surface area contributed by atoms with Gasteiger partial charge in [0.1, 0.15) is 0 Å². The van der Waals surface area contributed by atoms with Gasteiger partial charge < -0.3 is 4.74 Å². The van der Waals surface area contributed by atoms with E-state index in [-0.39, 0.29) is 0 Å². The summed E-state index contributed by atoms with van der Waals surface area (Å²) >= 11 is 0. The molecule has 0 N–H and O–H groups in total. The Bertz CT molecular complexity index is 396. The monoisotopic (exact) mass is 272 g/mol. The van der Waals surface area contributed by atoms with Crippen LogP contribution in [0.3, 0.4) is 0 Å². The zero-order chi connectivity index (χ0) is 14.2.